The van der Waals surface area contributed by atoms with E-state index in [1.165, 1.54) is 10.7 Å². The summed E-state index contributed by atoms with van der Waals surface area (Å²) >= 11 is 0. The molecule has 0 atom stereocenters. The van der Waals surface area contributed by atoms with E-state index in [0.29, 0.717) is 18.1 Å². The van der Waals surface area contributed by atoms with Gasteiger partial charge in [-0.3, -0.25) is 0 Å². The molecule has 0 amide bonds. The molecule has 6 heteroatoms. The molecule has 1 heterocycles. The summed E-state index contributed by atoms with van der Waals surface area (Å²) in [5.74, 6) is 0.346. The Morgan fingerprint density at radius 3 is 2.62 bits per heavy atom. The number of aromatic nitrogens is 4. The van der Waals surface area contributed by atoms with Crippen LogP contribution in [0.1, 0.15) is 11.4 Å². The highest BCUT2D eigenvalue weighted by atomic mass is 19.1. The van der Waals surface area contributed by atoms with Crippen LogP contribution in [0.25, 0.3) is 5.69 Å². The van der Waals surface area contributed by atoms with Gasteiger partial charge in [-0.1, -0.05) is 30.3 Å². The van der Waals surface area contributed by atoms with Crippen molar-refractivity contribution in [2.75, 3.05) is 0 Å². The van der Waals surface area contributed by atoms with Gasteiger partial charge in [-0.05, 0) is 35.0 Å². The molecular weight excluding hydrogens is 271 g/mol. The van der Waals surface area contributed by atoms with E-state index in [9.17, 15) is 4.39 Å². The molecule has 0 saturated heterocycles. The van der Waals surface area contributed by atoms with E-state index in [1.54, 1.807) is 19.1 Å². The van der Waals surface area contributed by atoms with Crippen LogP contribution in [-0.4, -0.2) is 20.2 Å². The predicted molar refractivity (Wildman–Crippen MR) is 74.6 cm³/mol. The first kappa shape index (κ1) is 13.2. The normalized spacial score (nSPS) is 10.6. The first-order chi connectivity index (χ1) is 10.2. The zero-order chi connectivity index (χ0) is 14.7. The molecule has 0 fully saturated rings. The maximum atomic E-state index is 14.1. The second kappa shape index (κ2) is 5.70. The Labute approximate surface area is 121 Å². The lowest BCUT2D eigenvalue weighted by atomic mass is 10.2. The van der Waals surface area contributed by atoms with Gasteiger partial charge >= 0.3 is 0 Å². The summed E-state index contributed by atoms with van der Waals surface area (Å²) in [5, 5.41) is 11.1. The summed E-state index contributed by atoms with van der Waals surface area (Å²) in [6.07, 6.45) is 0. The SMILES string of the molecule is Cc1nnnn1-c1ccc(OCc2ccccc2)c(F)c1. The van der Waals surface area contributed by atoms with Gasteiger partial charge in [-0.2, -0.15) is 4.68 Å². The highest BCUT2D eigenvalue weighted by molar-refractivity contribution is 5.38. The van der Waals surface area contributed by atoms with E-state index in [1.807, 2.05) is 30.3 Å². The van der Waals surface area contributed by atoms with Crippen LogP contribution >= 0.6 is 0 Å². The average molecular weight is 284 g/mol. The second-order valence-electron chi connectivity index (χ2n) is 4.53. The number of benzene rings is 2. The molecule has 0 radical (unpaired) electrons. The van der Waals surface area contributed by atoms with Gasteiger partial charge in [0.15, 0.2) is 17.4 Å². The number of ether oxygens (including phenoxy) is 1. The minimum atomic E-state index is -0.446. The fourth-order valence-corrected chi connectivity index (χ4v) is 1.94. The smallest absolute Gasteiger partial charge is 0.167 e. The maximum Gasteiger partial charge on any atom is 0.167 e. The van der Waals surface area contributed by atoms with Crippen LogP contribution in [0.5, 0.6) is 5.75 Å². The molecule has 0 spiro atoms. The van der Waals surface area contributed by atoms with E-state index < -0.39 is 5.82 Å². The number of halogens is 1. The van der Waals surface area contributed by atoms with Crippen LogP contribution < -0.4 is 4.74 Å². The van der Waals surface area contributed by atoms with Crippen LogP contribution in [-0.2, 0) is 6.61 Å². The molecule has 0 N–H and O–H groups in total. The van der Waals surface area contributed by atoms with Crippen molar-refractivity contribution in [3.63, 3.8) is 0 Å². The molecule has 21 heavy (non-hydrogen) atoms. The molecule has 0 aliphatic carbocycles. The Kier molecular flexibility index (Phi) is 3.59. The predicted octanol–water partition coefficient (Wildman–Crippen LogP) is 2.69. The second-order valence-corrected chi connectivity index (χ2v) is 4.53. The number of hydrogen-bond acceptors (Lipinski definition) is 4. The lowest BCUT2D eigenvalue weighted by Gasteiger charge is -2.09. The minimum Gasteiger partial charge on any atom is -0.486 e. The largest absolute Gasteiger partial charge is 0.486 e. The van der Waals surface area contributed by atoms with Gasteiger partial charge in [0.25, 0.3) is 0 Å². The number of tetrazole rings is 1. The summed E-state index contributed by atoms with van der Waals surface area (Å²) in [5.41, 5.74) is 1.54. The summed E-state index contributed by atoms with van der Waals surface area (Å²) in [6.45, 7) is 2.07. The van der Waals surface area contributed by atoms with Crippen molar-refractivity contribution >= 4 is 0 Å². The quantitative estimate of drug-likeness (QED) is 0.739. The Hall–Kier alpha value is -2.76. The van der Waals surface area contributed by atoms with Crippen LogP contribution in [0.2, 0.25) is 0 Å². The fourth-order valence-electron chi connectivity index (χ4n) is 1.94. The van der Waals surface area contributed by atoms with Gasteiger partial charge in [-0.15, -0.1) is 5.10 Å². The zero-order valence-corrected chi connectivity index (χ0v) is 11.4. The van der Waals surface area contributed by atoms with E-state index in [2.05, 4.69) is 15.5 Å². The van der Waals surface area contributed by atoms with Gasteiger partial charge in [0.05, 0.1) is 5.69 Å². The van der Waals surface area contributed by atoms with Gasteiger partial charge in [0.1, 0.15) is 6.61 Å². The monoisotopic (exact) mass is 284 g/mol. The molecular formula is C15H13FN4O. The molecule has 0 saturated carbocycles. The van der Waals surface area contributed by atoms with E-state index >= 15 is 0 Å². The molecule has 2 aromatic carbocycles. The van der Waals surface area contributed by atoms with E-state index in [4.69, 9.17) is 4.74 Å². The van der Waals surface area contributed by atoms with Gasteiger partial charge < -0.3 is 4.74 Å². The summed E-state index contributed by atoms with van der Waals surface area (Å²) in [6, 6.07) is 14.3. The highest BCUT2D eigenvalue weighted by Crippen LogP contribution is 2.21. The molecule has 3 aromatic rings. The summed E-state index contributed by atoms with van der Waals surface area (Å²) in [4.78, 5) is 0. The highest BCUT2D eigenvalue weighted by Gasteiger charge is 2.09. The van der Waals surface area contributed by atoms with Crippen molar-refractivity contribution in [3.05, 3.63) is 65.7 Å². The summed E-state index contributed by atoms with van der Waals surface area (Å²) in [7, 11) is 0. The molecule has 3 rings (SSSR count). The topological polar surface area (TPSA) is 52.8 Å². The fraction of sp³-hybridized carbons (Fsp3) is 0.133. The van der Waals surface area contributed by atoms with Gasteiger partial charge in [-0.25, -0.2) is 4.39 Å². The third-order valence-electron chi connectivity index (χ3n) is 3.02. The van der Waals surface area contributed by atoms with Crippen molar-refractivity contribution < 1.29 is 9.13 Å². The van der Waals surface area contributed by atoms with E-state index in [0.717, 1.165) is 5.56 Å². The number of nitrogens with zero attached hydrogens (tertiary/aromatic N) is 4. The number of hydrogen-bond donors (Lipinski definition) is 0. The van der Waals surface area contributed by atoms with E-state index in [-0.39, 0.29) is 5.75 Å². The van der Waals surface area contributed by atoms with Gasteiger partial charge in [0.2, 0.25) is 0 Å². The first-order valence-electron chi connectivity index (χ1n) is 6.45. The Morgan fingerprint density at radius 2 is 1.95 bits per heavy atom. The molecule has 0 unspecified atom stereocenters. The maximum absolute atomic E-state index is 14.1. The van der Waals surface area contributed by atoms with Crippen molar-refractivity contribution in [1.82, 2.24) is 20.2 Å². The third-order valence-corrected chi connectivity index (χ3v) is 3.02. The first-order valence-corrected chi connectivity index (χ1v) is 6.45. The summed E-state index contributed by atoms with van der Waals surface area (Å²) < 4.78 is 21.0. The molecule has 0 bridgehead atoms. The van der Waals surface area contributed by atoms with Crippen molar-refractivity contribution in [3.8, 4) is 11.4 Å². The Balaban J connectivity index is 1.77. The van der Waals surface area contributed by atoms with Crippen LogP contribution in [0.3, 0.4) is 0 Å². The molecule has 1 aromatic heterocycles. The van der Waals surface area contributed by atoms with Gasteiger partial charge in [0, 0.05) is 6.07 Å². The molecule has 0 aliphatic rings. The Bertz CT molecular complexity index is 742. The lowest BCUT2D eigenvalue weighted by Crippen LogP contribution is -2.02. The number of rotatable bonds is 4. The van der Waals surface area contributed by atoms with Crippen LogP contribution in [0, 0.1) is 12.7 Å². The lowest BCUT2D eigenvalue weighted by molar-refractivity contribution is 0.290. The molecule has 5 nitrogen and oxygen atoms in total. The van der Waals surface area contributed by atoms with Crippen molar-refractivity contribution in [2.45, 2.75) is 13.5 Å². The third kappa shape index (κ3) is 2.89. The standard InChI is InChI=1S/C15H13FN4O/c1-11-17-18-19-20(11)13-7-8-15(14(16)9-13)21-10-12-5-3-2-4-6-12/h2-9H,10H2,1H3. The Morgan fingerprint density at radius 1 is 1.14 bits per heavy atom. The zero-order valence-electron chi connectivity index (χ0n) is 11.4. The average Bonchev–Trinajstić information content (AvgIpc) is 2.93. The minimum absolute atomic E-state index is 0.202. The van der Waals surface area contributed by atoms with Crippen molar-refractivity contribution in [2.24, 2.45) is 0 Å². The van der Waals surface area contributed by atoms with Crippen LogP contribution in [0.4, 0.5) is 4.39 Å². The van der Waals surface area contributed by atoms with Crippen molar-refractivity contribution in [1.29, 1.82) is 0 Å². The molecule has 0 aliphatic heterocycles. The number of aryl methyl sites for hydroxylation is 1. The van der Waals surface area contributed by atoms with Crippen LogP contribution in [0.15, 0.2) is 48.5 Å². The molecule has 106 valence electrons.